The SMILES string of the molecule is Cc1ccc(SC(C)C(=O)NC(N)=O)cc1C(=O)O. The summed E-state index contributed by atoms with van der Waals surface area (Å²) in [7, 11) is 0. The fourth-order valence-corrected chi connectivity index (χ4v) is 2.29. The molecule has 1 atom stereocenters. The van der Waals surface area contributed by atoms with E-state index in [4.69, 9.17) is 10.8 Å². The summed E-state index contributed by atoms with van der Waals surface area (Å²) in [6.45, 7) is 3.30. The quantitative estimate of drug-likeness (QED) is 0.722. The van der Waals surface area contributed by atoms with Crippen LogP contribution >= 0.6 is 11.8 Å². The lowest BCUT2D eigenvalue weighted by molar-refractivity contribution is -0.119. The lowest BCUT2D eigenvalue weighted by Gasteiger charge is -2.11. The summed E-state index contributed by atoms with van der Waals surface area (Å²) >= 11 is 1.15. The average molecular weight is 282 g/mol. The molecule has 1 aromatic carbocycles. The molecule has 6 nitrogen and oxygen atoms in total. The number of amides is 3. The van der Waals surface area contributed by atoms with Crippen molar-refractivity contribution in [3.63, 3.8) is 0 Å². The van der Waals surface area contributed by atoms with Crippen molar-refractivity contribution in [3.8, 4) is 0 Å². The van der Waals surface area contributed by atoms with E-state index in [9.17, 15) is 14.4 Å². The zero-order valence-electron chi connectivity index (χ0n) is 10.5. The topological polar surface area (TPSA) is 109 Å². The number of hydrogen-bond acceptors (Lipinski definition) is 4. The van der Waals surface area contributed by atoms with Crippen LogP contribution in [0.2, 0.25) is 0 Å². The van der Waals surface area contributed by atoms with Crippen LogP contribution in [0.5, 0.6) is 0 Å². The number of primary amides is 1. The second kappa shape index (κ2) is 6.24. The zero-order valence-corrected chi connectivity index (χ0v) is 11.3. The number of nitrogens with two attached hydrogens (primary N) is 1. The third-order valence-corrected chi connectivity index (χ3v) is 3.46. The first-order valence-corrected chi connectivity index (χ1v) is 6.30. The van der Waals surface area contributed by atoms with Crippen LogP contribution in [0, 0.1) is 6.92 Å². The largest absolute Gasteiger partial charge is 0.478 e. The summed E-state index contributed by atoms with van der Waals surface area (Å²) < 4.78 is 0. The van der Waals surface area contributed by atoms with Crippen LogP contribution in [0.15, 0.2) is 23.1 Å². The van der Waals surface area contributed by atoms with Crippen molar-refractivity contribution in [2.45, 2.75) is 24.0 Å². The molecule has 1 aromatic rings. The van der Waals surface area contributed by atoms with E-state index in [2.05, 4.69) is 0 Å². The van der Waals surface area contributed by atoms with Crippen molar-refractivity contribution < 1.29 is 19.5 Å². The molecule has 0 aliphatic heterocycles. The highest BCUT2D eigenvalue weighted by molar-refractivity contribution is 8.00. The van der Waals surface area contributed by atoms with Crippen molar-refractivity contribution in [1.29, 1.82) is 0 Å². The Labute approximate surface area is 114 Å². The Hall–Kier alpha value is -2.02. The molecule has 0 fully saturated rings. The number of aromatic carboxylic acids is 1. The highest BCUT2D eigenvalue weighted by Crippen LogP contribution is 2.25. The first-order valence-electron chi connectivity index (χ1n) is 5.42. The van der Waals surface area contributed by atoms with Crippen molar-refractivity contribution in [1.82, 2.24) is 5.32 Å². The van der Waals surface area contributed by atoms with Gasteiger partial charge in [0.05, 0.1) is 10.8 Å². The van der Waals surface area contributed by atoms with Gasteiger partial charge in [-0.2, -0.15) is 0 Å². The Bertz CT molecular complexity index is 530. The van der Waals surface area contributed by atoms with Gasteiger partial charge < -0.3 is 10.8 Å². The average Bonchev–Trinajstić information content (AvgIpc) is 2.30. The highest BCUT2D eigenvalue weighted by Gasteiger charge is 2.17. The minimum Gasteiger partial charge on any atom is -0.478 e. The molecular formula is C12H14N2O4S. The lowest BCUT2D eigenvalue weighted by Crippen LogP contribution is -2.39. The fraction of sp³-hybridized carbons (Fsp3) is 0.250. The lowest BCUT2D eigenvalue weighted by atomic mass is 10.1. The third-order valence-electron chi connectivity index (χ3n) is 2.37. The number of carbonyl (C=O) groups is 3. The third kappa shape index (κ3) is 4.29. The van der Waals surface area contributed by atoms with Crippen LogP contribution in [0.1, 0.15) is 22.8 Å². The Morgan fingerprint density at radius 3 is 2.53 bits per heavy atom. The summed E-state index contributed by atoms with van der Waals surface area (Å²) in [4.78, 5) is 33.7. The van der Waals surface area contributed by atoms with Gasteiger partial charge in [-0.25, -0.2) is 9.59 Å². The van der Waals surface area contributed by atoms with Gasteiger partial charge >= 0.3 is 12.0 Å². The molecule has 4 N–H and O–H groups in total. The molecule has 0 heterocycles. The van der Waals surface area contributed by atoms with E-state index >= 15 is 0 Å². The van der Waals surface area contributed by atoms with Gasteiger partial charge in [-0.15, -0.1) is 11.8 Å². The van der Waals surface area contributed by atoms with E-state index in [0.29, 0.717) is 10.5 Å². The van der Waals surface area contributed by atoms with E-state index < -0.39 is 23.2 Å². The second-order valence-corrected chi connectivity index (χ2v) is 5.31. The zero-order chi connectivity index (χ0) is 14.6. The van der Waals surface area contributed by atoms with E-state index in [0.717, 1.165) is 11.8 Å². The molecular weight excluding hydrogens is 268 g/mol. The van der Waals surface area contributed by atoms with Gasteiger partial charge in [-0.05, 0) is 31.5 Å². The monoisotopic (exact) mass is 282 g/mol. The van der Waals surface area contributed by atoms with Crippen LogP contribution in [0.4, 0.5) is 4.79 Å². The van der Waals surface area contributed by atoms with Gasteiger partial charge in [-0.1, -0.05) is 6.07 Å². The smallest absolute Gasteiger partial charge is 0.335 e. The Balaban J connectivity index is 2.82. The predicted octanol–water partition coefficient (Wildman–Crippen LogP) is 1.37. The Kier molecular flexibility index (Phi) is 4.94. The van der Waals surface area contributed by atoms with Crippen molar-refractivity contribution >= 4 is 29.7 Å². The first-order chi connectivity index (χ1) is 8.81. The number of carboxylic acids is 1. The summed E-state index contributed by atoms with van der Waals surface area (Å²) in [6, 6.07) is 3.98. The molecule has 0 saturated carbocycles. The number of carbonyl (C=O) groups excluding carboxylic acids is 2. The van der Waals surface area contributed by atoms with Gasteiger partial charge in [-0.3, -0.25) is 10.1 Å². The molecule has 0 radical (unpaired) electrons. The van der Waals surface area contributed by atoms with Crippen LogP contribution in [-0.4, -0.2) is 28.3 Å². The van der Waals surface area contributed by atoms with Gasteiger partial charge in [0.1, 0.15) is 0 Å². The van der Waals surface area contributed by atoms with Crippen LogP contribution < -0.4 is 11.1 Å². The van der Waals surface area contributed by atoms with Gasteiger partial charge in [0, 0.05) is 4.90 Å². The minimum absolute atomic E-state index is 0.188. The summed E-state index contributed by atoms with van der Waals surface area (Å²) in [5, 5.41) is 10.4. The number of imide groups is 1. The molecule has 102 valence electrons. The second-order valence-electron chi connectivity index (χ2n) is 3.90. The number of carboxylic acid groups (broad SMARTS) is 1. The summed E-state index contributed by atoms with van der Waals surface area (Å²) in [5.41, 5.74) is 5.68. The minimum atomic E-state index is -1.02. The van der Waals surface area contributed by atoms with Crippen LogP contribution in [-0.2, 0) is 4.79 Å². The molecule has 0 bridgehead atoms. The number of rotatable bonds is 4. The van der Waals surface area contributed by atoms with Crippen molar-refractivity contribution in [2.75, 3.05) is 0 Å². The molecule has 19 heavy (non-hydrogen) atoms. The number of hydrogen-bond donors (Lipinski definition) is 3. The molecule has 1 unspecified atom stereocenters. The molecule has 0 saturated heterocycles. The molecule has 1 rings (SSSR count). The van der Waals surface area contributed by atoms with E-state index in [1.807, 2.05) is 5.32 Å². The maximum Gasteiger partial charge on any atom is 0.335 e. The highest BCUT2D eigenvalue weighted by atomic mass is 32.2. The van der Waals surface area contributed by atoms with Crippen LogP contribution in [0.25, 0.3) is 0 Å². The molecule has 0 aromatic heterocycles. The maximum atomic E-state index is 11.5. The van der Waals surface area contributed by atoms with E-state index in [1.54, 1.807) is 26.0 Å². The van der Waals surface area contributed by atoms with Crippen LogP contribution in [0.3, 0.4) is 0 Å². The number of aryl methyl sites for hydroxylation is 1. The normalized spacial score (nSPS) is 11.7. The summed E-state index contributed by atoms with van der Waals surface area (Å²) in [5.74, 6) is -1.54. The van der Waals surface area contributed by atoms with Crippen molar-refractivity contribution in [2.24, 2.45) is 5.73 Å². The predicted molar refractivity (Wildman–Crippen MR) is 71.2 cm³/mol. The number of thioether (sulfide) groups is 1. The van der Waals surface area contributed by atoms with Gasteiger partial charge in [0.25, 0.3) is 0 Å². The number of nitrogens with one attached hydrogen (secondary N) is 1. The fourth-order valence-electron chi connectivity index (χ4n) is 1.39. The molecule has 3 amide bonds. The molecule has 0 aliphatic carbocycles. The maximum absolute atomic E-state index is 11.5. The molecule has 0 aliphatic rings. The van der Waals surface area contributed by atoms with Gasteiger partial charge in [0.2, 0.25) is 5.91 Å². The Morgan fingerprint density at radius 1 is 1.37 bits per heavy atom. The first kappa shape index (κ1) is 15.0. The summed E-state index contributed by atoms with van der Waals surface area (Å²) in [6.07, 6.45) is 0. The standard InChI is InChI=1S/C12H14N2O4S/c1-6-3-4-8(5-9(6)11(16)17)19-7(2)10(15)14-12(13)18/h3-5,7H,1-2H3,(H,16,17)(H3,13,14,15,18). The number of urea groups is 1. The van der Waals surface area contributed by atoms with E-state index in [1.165, 1.54) is 6.07 Å². The molecule has 7 heteroatoms. The van der Waals surface area contributed by atoms with Crippen molar-refractivity contribution in [3.05, 3.63) is 29.3 Å². The molecule has 0 spiro atoms. The van der Waals surface area contributed by atoms with Gasteiger partial charge in [0.15, 0.2) is 0 Å². The number of benzene rings is 1. The van der Waals surface area contributed by atoms with E-state index in [-0.39, 0.29) is 5.56 Å². The Morgan fingerprint density at radius 2 is 2.00 bits per heavy atom.